The smallest absolute Gasteiger partial charge is 0.306 e. The Bertz CT molecular complexity index is 1280. The number of esters is 1. The van der Waals surface area contributed by atoms with Gasteiger partial charge in [-0.1, -0.05) is 6.07 Å². The number of ether oxygens (including phenoxy) is 5. The Hall–Kier alpha value is -4.26. The molecule has 2 aromatic rings. The van der Waals surface area contributed by atoms with Gasteiger partial charge in [0.1, 0.15) is 23.0 Å². The highest BCUT2D eigenvalue weighted by atomic mass is 32.2. The van der Waals surface area contributed by atoms with Gasteiger partial charge in [0.2, 0.25) is 0 Å². The molecule has 0 aliphatic rings. The van der Waals surface area contributed by atoms with Gasteiger partial charge in [0.15, 0.2) is 16.4 Å². The maximum Gasteiger partial charge on any atom is 0.306 e. The van der Waals surface area contributed by atoms with Gasteiger partial charge in [0, 0.05) is 17.5 Å². The van der Waals surface area contributed by atoms with Crippen LogP contribution >= 0.6 is 0 Å². The second kappa shape index (κ2) is 13.9. The molecule has 0 spiro atoms. The van der Waals surface area contributed by atoms with Crippen molar-refractivity contribution in [3.8, 4) is 23.0 Å². The summed E-state index contributed by atoms with van der Waals surface area (Å²) in [6, 6.07) is 7.62. The standard InChI is InChI=1S/C25H29NO11S/c1-33-17-12-21(35-3)18(22(13-17)36-4)9-10-38(31,32)15-16-5-6-20(34-2)19(11-16)26-23(27)14-37-25(30)8-7-24(28)29/h5-6,9-13H,7-8,14-15H2,1-4H3,(H,26,27)(H,28,29)/b10-9-. The fraction of sp³-hybridized carbons (Fsp3) is 0.320. The summed E-state index contributed by atoms with van der Waals surface area (Å²) in [5, 5.41) is 12.1. The molecule has 0 bridgehead atoms. The molecule has 0 aliphatic heterocycles. The molecule has 0 aliphatic carbocycles. The highest BCUT2D eigenvalue weighted by Gasteiger charge is 2.16. The van der Waals surface area contributed by atoms with Crippen molar-refractivity contribution in [2.24, 2.45) is 0 Å². The van der Waals surface area contributed by atoms with Gasteiger partial charge in [-0.2, -0.15) is 0 Å². The van der Waals surface area contributed by atoms with Crippen LogP contribution in [0.1, 0.15) is 24.0 Å². The van der Waals surface area contributed by atoms with Crippen molar-refractivity contribution in [2.45, 2.75) is 18.6 Å². The number of anilines is 1. The number of hydrogen-bond donors (Lipinski definition) is 2. The summed E-state index contributed by atoms with van der Waals surface area (Å²) in [5.74, 6) is -1.70. The molecule has 0 radical (unpaired) electrons. The van der Waals surface area contributed by atoms with Gasteiger partial charge in [-0.25, -0.2) is 8.42 Å². The van der Waals surface area contributed by atoms with E-state index in [0.29, 0.717) is 28.4 Å². The summed E-state index contributed by atoms with van der Waals surface area (Å²) in [7, 11) is 1.93. The number of methoxy groups -OCH3 is 4. The van der Waals surface area contributed by atoms with Gasteiger partial charge in [0.25, 0.3) is 5.91 Å². The molecular weight excluding hydrogens is 522 g/mol. The average molecular weight is 552 g/mol. The summed E-state index contributed by atoms with van der Waals surface area (Å²) < 4.78 is 51.5. The second-order valence-electron chi connectivity index (χ2n) is 7.69. The molecule has 0 heterocycles. The number of carbonyl (C=O) groups excluding carboxylic acids is 2. The van der Waals surface area contributed by atoms with Gasteiger partial charge in [-0.15, -0.1) is 0 Å². The van der Waals surface area contributed by atoms with Crippen LogP contribution in [0.25, 0.3) is 6.08 Å². The third-order valence-corrected chi connectivity index (χ3v) is 6.29. The largest absolute Gasteiger partial charge is 0.496 e. The molecule has 2 aromatic carbocycles. The van der Waals surface area contributed by atoms with Crippen molar-refractivity contribution >= 4 is 39.4 Å². The number of carbonyl (C=O) groups is 3. The molecule has 13 heteroatoms. The molecule has 0 unspecified atom stereocenters. The lowest BCUT2D eigenvalue weighted by Crippen LogP contribution is -2.21. The van der Waals surface area contributed by atoms with Crippen LogP contribution in [0.4, 0.5) is 5.69 Å². The lowest BCUT2D eigenvalue weighted by Gasteiger charge is -2.13. The molecule has 12 nitrogen and oxygen atoms in total. The quantitative estimate of drug-likeness (QED) is 0.332. The van der Waals surface area contributed by atoms with Crippen LogP contribution in [0, 0.1) is 0 Å². The highest BCUT2D eigenvalue weighted by molar-refractivity contribution is 7.93. The van der Waals surface area contributed by atoms with Crippen LogP contribution in [0.2, 0.25) is 0 Å². The lowest BCUT2D eigenvalue weighted by molar-refractivity contribution is -0.149. The first-order valence-corrected chi connectivity index (χ1v) is 12.8. The third kappa shape index (κ3) is 9.00. The topological polar surface area (TPSA) is 164 Å². The van der Waals surface area contributed by atoms with Gasteiger partial charge < -0.3 is 34.1 Å². The number of nitrogens with one attached hydrogen (secondary N) is 1. The Labute approximate surface area is 220 Å². The number of sulfone groups is 1. The molecule has 0 fully saturated rings. The molecule has 1 amide bonds. The zero-order valence-electron chi connectivity index (χ0n) is 21.3. The lowest BCUT2D eigenvalue weighted by atomic mass is 10.1. The number of amides is 1. The van der Waals surface area contributed by atoms with Crippen molar-refractivity contribution in [1.82, 2.24) is 0 Å². The van der Waals surface area contributed by atoms with E-state index in [9.17, 15) is 22.8 Å². The van der Waals surface area contributed by atoms with E-state index in [1.54, 1.807) is 12.1 Å². The summed E-state index contributed by atoms with van der Waals surface area (Å²) in [4.78, 5) is 34.3. The minimum Gasteiger partial charge on any atom is -0.496 e. The molecule has 0 saturated carbocycles. The van der Waals surface area contributed by atoms with Gasteiger partial charge in [-0.3, -0.25) is 14.4 Å². The number of rotatable bonds is 14. The molecule has 2 N–H and O–H groups in total. The van der Waals surface area contributed by atoms with Crippen molar-refractivity contribution in [3.05, 3.63) is 46.9 Å². The Morgan fingerprint density at radius 2 is 1.53 bits per heavy atom. The maximum absolute atomic E-state index is 12.9. The van der Waals surface area contributed by atoms with Crippen molar-refractivity contribution in [2.75, 3.05) is 40.4 Å². The molecule has 0 saturated heterocycles. The maximum atomic E-state index is 12.9. The molecule has 0 aromatic heterocycles. The first-order chi connectivity index (χ1) is 18.0. The van der Waals surface area contributed by atoms with Crippen LogP contribution < -0.4 is 24.3 Å². The minimum absolute atomic E-state index is 0.161. The first kappa shape index (κ1) is 30.0. The van der Waals surface area contributed by atoms with Crippen molar-refractivity contribution < 1.29 is 51.6 Å². The molecule has 38 heavy (non-hydrogen) atoms. The summed E-state index contributed by atoms with van der Waals surface area (Å²) in [6.07, 6.45) is 0.565. The average Bonchev–Trinajstić information content (AvgIpc) is 2.88. The monoisotopic (exact) mass is 551 g/mol. The zero-order valence-corrected chi connectivity index (χ0v) is 22.1. The van der Waals surface area contributed by atoms with E-state index in [1.165, 1.54) is 52.7 Å². The zero-order chi connectivity index (χ0) is 28.3. The summed E-state index contributed by atoms with van der Waals surface area (Å²) in [5.41, 5.74) is 0.909. The molecule has 2 rings (SSSR count). The van der Waals surface area contributed by atoms with E-state index < -0.39 is 46.5 Å². The van der Waals surface area contributed by atoms with Crippen LogP contribution in [-0.4, -0.2) is 66.4 Å². The number of carboxylic acids is 1. The third-order valence-electron chi connectivity index (χ3n) is 5.01. The Balaban J connectivity index is 2.17. The second-order valence-corrected chi connectivity index (χ2v) is 9.58. The van der Waals surface area contributed by atoms with E-state index in [1.807, 2.05) is 0 Å². The van der Waals surface area contributed by atoms with E-state index in [2.05, 4.69) is 5.32 Å². The van der Waals surface area contributed by atoms with E-state index in [0.717, 1.165) is 5.41 Å². The predicted molar refractivity (Wildman–Crippen MR) is 137 cm³/mol. The number of hydrogen-bond acceptors (Lipinski definition) is 10. The number of benzene rings is 2. The fourth-order valence-electron chi connectivity index (χ4n) is 3.21. The van der Waals surface area contributed by atoms with Crippen LogP contribution in [0.5, 0.6) is 23.0 Å². The van der Waals surface area contributed by atoms with Crippen molar-refractivity contribution in [3.63, 3.8) is 0 Å². The molecule has 206 valence electrons. The normalized spacial score (nSPS) is 11.1. The molecular formula is C25H29NO11S. The minimum atomic E-state index is -3.79. The van der Waals surface area contributed by atoms with Gasteiger partial charge in [-0.05, 0) is 23.8 Å². The highest BCUT2D eigenvalue weighted by Crippen LogP contribution is 2.35. The number of carboxylic acid groups (broad SMARTS) is 1. The SMILES string of the molecule is COc1cc(OC)c(/C=C\S(=O)(=O)Cc2ccc(OC)c(NC(=O)COC(=O)CCC(=O)O)c2)c(OC)c1. The van der Waals surface area contributed by atoms with E-state index in [-0.39, 0.29) is 17.9 Å². The summed E-state index contributed by atoms with van der Waals surface area (Å²) in [6.45, 7) is -0.654. The van der Waals surface area contributed by atoms with Gasteiger partial charge in [0.05, 0.1) is 58.3 Å². The van der Waals surface area contributed by atoms with Crippen LogP contribution in [0.15, 0.2) is 35.7 Å². The molecule has 0 atom stereocenters. The Morgan fingerprint density at radius 3 is 2.08 bits per heavy atom. The van der Waals surface area contributed by atoms with Crippen LogP contribution in [-0.2, 0) is 34.7 Å². The Morgan fingerprint density at radius 1 is 0.895 bits per heavy atom. The van der Waals surface area contributed by atoms with E-state index in [4.69, 9.17) is 28.8 Å². The first-order valence-electron chi connectivity index (χ1n) is 11.1. The fourth-order valence-corrected chi connectivity index (χ4v) is 4.29. The number of aliphatic carboxylic acids is 1. The van der Waals surface area contributed by atoms with E-state index >= 15 is 0 Å². The Kier molecular flexibility index (Phi) is 10.9. The summed E-state index contributed by atoms with van der Waals surface area (Å²) >= 11 is 0. The van der Waals surface area contributed by atoms with Crippen LogP contribution in [0.3, 0.4) is 0 Å². The van der Waals surface area contributed by atoms with Crippen molar-refractivity contribution in [1.29, 1.82) is 0 Å². The van der Waals surface area contributed by atoms with Gasteiger partial charge >= 0.3 is 11.9 Å². The predicted octanol–water partition coefficient (Wildman–Crippen LogP) is 2.65.